The quantitative estimate of drug-likeness (QED) is 0.439. The first-order valence-electron chi connectivity index (χ1n) is 9.69. The first kappa shape index (κ1) is 21.5. The summed E-state index contributed by atoms with van der Waals surface area (Å²) in [5.74, 6) is 1.29. The lowest BCUT2D eigenvalue weighted by molar-refractivity contribution is -0.115. The van der Waals surface area contributed by atoms with Crippen molar-refractivity contribution in [3.8, 4) is 17.1 Å². The van der Waals surface area contributed by atoms with Gasteiger partial charge in [-0.3, -0.25) is 4.79 Å². The van der Waals surface area contributed by atoms with Crippen molar-refractivity contribution >= 4 is 40.6 Å². The topological polar surface area (TPSA) is 90.1 Å². The number of carbonyl (C=O) groups excluding carboxylic acids is 2. The molecule has 0 bridgehead atoms. The van der Waals surface area contributed by atoms with Crippen LogP contribution in [0.5, 0.6) is 5.75 Å². The van der Waals surface area contributed by atoms with E-state index in [0.717, 1.165) is 16.9 Å². The summed E-state index contributed by atoms with van der Waals surface area (Å²) in [4.78, 5) is 29.0. The Hall–Kier alpha value is -3.78. The molecule has 162 valence electrons. The molecule has 0 aliphatic carbocycles. The van der Waals surface area contributed by atoms with E-state index >= 15 is 0 Å². The van der Waals surface area contributed by atoms with Crippen molar-refractivity contribution in [2.24, 2.45) is 4.99 Å². The van der Waals surface area contributed by atoms with E-state index in [4.69, 9.17) is 13.9 Å². The van der Waals surface area contributed by atoms with Crippen LogP contribution in [0.4, 0.5) is 5.69 Å². The molecule has 1 amide bonds. The average molecular weight is 449 g/mol. The molecule has 3 aromatic rings. The van der Waals surface area contributed by atoms with E-state index in [1.807, 2.05) is 43.3 Å². The minimum atomic E-state index is -0.388. The second kappa shape index (κ2) is 9.15. The highest BCUT2D eigenvalue weighted by Gasteiger charge is 2.24. The number of methoxy groups -OCH3 is 2. The number of amidine groups is 1. The van der Waals surface area contributed by atoms with Gasteiger partial charge in [0.15, 0.2) is 5.17 Å². The summed E-state index contributed by atoms with van der Waals surface area (Å²) < 4.78 is 15.8. The van der Waals surface area contributed by atoms with Crippen LogP contribution in [0.1, 0.15) is 21.7 Å². The number of hydrogen-bond donors (Lipinski definition) is 1. The molecule has 1 aliphatic heterocycles. The first-order chi connectivity index (χ1) is 15.5. The van der Waals surface area contributed by atoms with Gasteiger partial charge in [-0.2, -0.15) is 0 Å². The molecule has 8 heteroatoms. The molecule has 1 aliphatic rings. The number of ether oxygens (including phenoxy) is 2. The predicted molar refractivity (Wildman–Crippen MR) is 124 cm³/mol. The van der Waals surface area contributed by atoms with Gasteiger partial charge in [-0.1, -0.05) is 6.07 Å². The van der Waals surface area contributed by atoms with Crippen molar-refractivity contribution in [2.75, 3.05) is 14.2 Å². The molecule has 0 spiro atoms. The highest BCUT2D eigenvalue weighted by molar-refractivity contribution is 8.18. The summed E-state index contributed by atoms with van der Waals surface area (Å²) >= 11 is 1.24. The number of hydrogen-bond acceptors (Lipinski definition) is 7. The summed E-state index contributed by atoms with van der Waals surface area (Å²) in [6.07, 6.45) is 1.68. The first-order valence-corrected chi connectivity index (χ1v) is 10.5. The third-order valence-electron chi connectivity index (χ3n) is 4.77. The average Bonchev–Trinajstić information content (AvgIpc) is 3.40. The van der Waals surface area contributed by atoms with Gasteiger partial charge in [0.1, 0.15) is 17.3 Å². The van der Waals surface area contributed by atoms with Gasteiger partial charge < -0.3 is 19.2 Å². The number of aryl methyl sites for hydroxylation is 1. The van der Waals surface area contributed by atoms with E-state index in [2.05, 4.69) is 10.3 Å². The largest absolute Gasteiger partial charge is 0.497 e. The molecule has 2 heterocycles. The number of carbonyl (C=O) groups is 2. The van der Waals surface area contributed by atoms with Crippen LogP contribution in [0.3, 0.4) is 0 Å². The standard InChI is InChI=1S/C24H20N2O5S/c1-14-12-15(23(28)30-3)4-10-19(14)20-11-9-18(31-20)13-21-22(27)26-24(32-21)25-16-5-7-17(29-2)8-6-16/h4-13H,1-3H3,(H,25,26,27)/b21-13+. The Balaban J connectivity index is 1.52. The Morgan fingerprint density at radius 3 is 2.56 bits per heavy atom. The van der Waals surface area contributed by atoms with Gasteiger partial charge in [-0.05, 0) is 72.8 Å². The van der Waals surface area contributed by atoms with E-state index in [1.54, 1.807) is 31.4 Å². The molecule has 1 fully saturated rings. The van der Waals surface area contributed by atoms with Crippen LogP contribution >= 0.6 is 11.8 Å². The summed E-state index contributed by atoms with van der Waals surface area (Å²) in [5, 5.41) is 3.25. The lowest BCUT2D eigenvalue weighted by atomic mass is 10.0. The SMILES string of the molecule is COC(=O)c1ccc(-c2ccc(/C=C3/SC(=Nc4ccc(OC)cc4)NC3=O)o2)c(C)c1. The van der Waals surface area contributed by atoms with Crippen molar-refractivity contribution in [1.29, 1.82) is 0 Å². The second-order valence-electron chi connectivity index (χ2n) is 6.90. The molecule has 1 aromatic heterocycles. The molecule has 0 saturated carbocycles. The number of thioether (sulfide) groups is 1. The van der Waals surface area contributed by atoms with Crippen LogP contribution in [0.15, 0.2) is 68.9 Å². The number of aliphatic imine (C=N–C) groups is 1. The number of nitrogens with one attached hydrogen (secondary N) is 1. The van der Waals surface area contributed by atoms with Crippen LogP contribution in [0.2, 0.25) is 0 Å². The Morgan fingerprint density at radius 2 is 1.88 bits per heavy atom. The molecular weight excluding hydrogens is 428 g/mol. The highest BCUT2D eigenvalue weighted by atomic mass is 32.2. The summed E-state index contributed by atoms with van der Waals surface area (Å²) in [6, 6.07) is 16.1. The molecular formula is C24H20N2O5S. The van der Waals surface area contributed by atoms with E-state index in [9.17, 15) is 9.59 Å². The molecule has 32 heavy (non-hydrogen) atoms. The van der Waals surface area contributed by atoms with E-state index < -0.39 is 0 Å². The van der Waals surface area contributed by atoms with Gasteiger partial charge in [-0.25, -0.2) is 9.79 Å². The number of amides is 1. The molecule has 0 unspecified atom stereocenters. The summed E-state index contributed by atoms with van der Waals surface area (Å²) in [5.41, 5.74) is 2.92. The van der Waals surface area contributed by atoms with Gasteiger partial charge in [-0.15, -0.1) is 0 Å². The number of benzene rings is 2. The maximum Gasteiger partial charge on any atom is 0.337 e. The van der Waals surface area contributed by atoms with Crippen LogP contribution in [0, 0.1) is 6.92 Å². The molecule has 0 atom stereocenters. The van der Waals surface area contributed by atoms with Gasteiger partial charge in [0.05, 0.1) is 30.4 Å². The number of rotatable bonds is 5. The highest BCUT2D eigenvalue weighted by Crippen LogP contribution is 2.31. The molecule has 7 nitrogen and oxygen atoms in total. The zero-order valence-corrected chi connectivity index (χ0v) is 18.5. The van der Waals surface area contributed by atoms with Gasteiger partial charge in [0.25, 0.3) is 5.91 Å². The van der Waals surface area contributed by atoms with Gasteiger partial charge in [0.2, 0.25) is 0 Å². The van der Waals surface area contributed by atoms with Crippen LogP contribution in [-0.2, 0) is 9.53 Å². The number of furan rings is 1. The second-order valence-corrected chi connectivity index (χ2v) is 7.93. The molecule has 1 N–H and O–H groups in total. The van der Waals surface area contributed by atoms with Crippen LogP contribution < -0.4 is 10.1 Å². The number of nitrogens with zero attached hydrogens (tertiary/aromatic N) is 1. The Labute approximate surface area is 189 Å². The van der Waals surface area contributed by atoms with E-state index in [0.29, 0.717) is 32.8 Å². The zero-order valence-electron chi connectivity index (χ0n) is 17.7. The van der Waals surface area contributed by atoms with Gasteiger partial charge in [0, 0.05) is 11.6 Å². The Kier molecular flexibility index (Phi) is 6.13. The zero-order chi connectivity index (χ0) is 22.7. The van der Waals surface area contributed by atoms with E-state index in [-0.39, 0.29) is 11.9 Å². The lowest BCUT2D eigenvalue weighted by Gasteiger charge is -2.05. The summed E-state index contributed by atoms with van der Waals surface area (Å²) in [6.45, 7) is 1.89. The van der Waals surface area contributed by atoms with Crippen molar-refractivity contribution in [3.05, 3.63) is 76.4 Å². The van der Waals surface area contributed by atoms with Crippen LogP contribution in [0.25, 0.3) is 17.4 Å². The fraction of sp³-hybridized carbons (Fsp3) is 0.125. The fourth-order valence-corrected chi connectivity index (χ4v) is 3.97. The van der Waals surface area contributed by atoms with Crippen molar-refractivity contribution in [1.82, 2.24) is 5.32 Å². The minimum Gasteiger partial charge on any atom is -0.497 e. The van der Waals surface area contributed by atoms with Crippen LogP contribution in [-0.4, -0.2) is 31.3 Å². The smallest absolute Gasteiger partial charge is 0.337 e. The van der Waals surface area contributed by atoms with Crippen molar-refractivity contribution < 1.29 is 23.5 Å². The van der Waals surface area contributed by atoms with Crippen molar-refractivity contribution in [2.45, 2.75) is 6.92 Å². The summed E-state index contributed by atoms with van der Waals surface area (Å²) in [7, 11) is 2.95. The Bertz CT molecular complexity index is 1240. The van der Waals surface area contributed by atoms with Gasteiger partial charge >= 0.3 is 5.97 Å². The fourth-order valence-electron chi connectivity index (χ4n) is 3.14. The third-order valence-corrected chi connectivity index (χ3v) is 5.68. The monoisotopic (exact) mass is 448 g/mol. The maximum atomic E-state index is 12.4. The number of esters is 1. The maximum absolute atomic E-state index is 12.4. The molecule has 4 rings (SSSR count). The van der Waals surface area contributed by atoms with Crippen molar-refractivity contribution in [3.63, 3.8) is 0 Å². The minimum absolute atomic E-state index is 0.237. The molecule has 0 radical (unpaired) electrons. The molecule has 1 saturated heterocycles. The van der Waals surface area contributed by atoms with E-state index in [1.165, 1.54) is 18.9 Å². The Morgan fingerprint density at radius 1 is 1.09 bits per heavy atom. The normalized spacial score (nSPS) is 15.8. The molecule has 2 aromatic carbocycles. The third kappa shape index (κ3) is 4.60. The lowest BCUT2D eigenvalue weighted by Crippen LogP contribution is -2.19. The predicted octanol–water partition coefficient (Wildman–Crippen LogP) is 4.94.